The lowest BCUT2D eigenvalue weighted by molar-refractivity contribution is -0.138. The fraction of sp³-hybridized carbons (Fsp3) is 0.733. The number of ether oxygens (including phenoxy) is 1. The van der Waals surface area contributed by atoms with Gasteiger partial charge in [0.25, 0.3) is 0 Å². The highest BCUT2D eigenvalue weighted by Gasteiger charge is 2.30. The summed E-state index contributed by atoms with van der Waals surface area (Å²) in [5.41, 5.74) is 0.889. The van der Waals surface area contributed by atoms with Crippen molar-refractivity contribution in [2.45, 2.75) is 39.7 Å². The van der Waals surface area contributed by atoms with Crippen LogP contribution in [0, 0.1) is 5.41 Å². The summed E-state index contributed by atoms with van der Waals surface area (Å²) < 4.78 is 5.08. The van der Waals surface area contributed by atoms with Gasteiger partial charge in [0.1, 0.15) is 0 Å². The van der Waals surface area contributed by atoms with Crippen molar-refractivity contribution in [3.8, 4) is 0 Å². The Kier molecular flexibility index (Phi) is 6.20. The topological polar surface area (TPSA) is 78.9 Å². The second-order valence-corrected chi connectivity index (χ2v) is 6.46. The standard InChI is InChI=1S/C15H26N2O4/c1-15(2,3)12(9-13(18)19)16-14(20)17-7-5-11(6-8-17)10-21-4/h5,12H,6-10H2,1-4H3,(H,16,20)(H,18,19). The van der Waals surface area contributed by atoms with Gasteiger partial charge in [-0.05, 0) is 17.4 Å². The molecule has 0 aromatic heterocycles. The first-order chi connectivity index (χ1) is 9.74. The minimum absolute atomic E-state index is 0.0756. The number of carboxylic acids is 1. The van der Waals surface area contributed by atoms with Crippen molar-refractivity contribution in [1.82, 2.24) is 10.2 Å². The van der Waals surface area contributed by atoms with Crippen LogP contribution in [0.4, 0.5) is 4.79 Å². The highest BCUT2D eigenvalue weighted by molar-refractivity contribution is 5.76. The normalized spacial score (nSPS) is 17.1. The molecule has 6 heteroatoms. The molecule has 2 N–H and O–H groups in total. The zero-order valence-electron chi connectivity index (χ0n) is 13.3. The van der Waals surface area contributed by atoms with E-state index in [9.17, 15) is 9.59 Å². The molecule has 0 saturated heterocycles. The molecular formula is C15H26N2O4. The van der Waals surface area contributed by atoms with Gasteiger partial charge in [0.15, 0.2) is 0 Å². The average Bonchev–Trinajstić information content (AvgIpc) is 2.37. The first kappa shape index (κ1) is 17.5. The summed E-state index contributed by atoms with van der Waals surface area (Å²) in [5, 5.41) is 11.8. The number of carbonyl (C=O) groups excluding carboxylic acids is 1. The zero-order chi connectivity index (χ0) is 16.0. The predicted molar refractivity (Wildman–Crippen MR) is 80.2 cm³/mol. The minimum Gasteiger partial charge on any atom is -0.481 e. The van der Waals surface area contributed by atoms with Crippen molar-refractivity contribution in [3.05, 3.63) is 11.6 Å². The number of methoxy groups -OCH3 is 1. The molecule has 1 rings (SSSR count). The Balaban J connectivity index is 2.61. The molecule has 0 radical (unpaired) electrons. The predicted octanol–water partition coefficient (Wildman–Crippen LogP) is 1.86. The van der Waals surface area contributed by atoms with E-state index in [2.05, 4.69) is 5.32 Å². The molecule has 0 aromatic carbocycles. The molecule has 0 fully saturated rings. The van der Waals surface area contributed by atoms with Crippen LogP contribution >= 0.6 is 0 Å². The van der Waals surface area contributed by atoms with Gasteiger partial charge < -0.3 is 20.1 Å². The van der Waals surface area contributed by atoms with E-state index in [1.165, 1.54) is 5.57 Å². The molecule has 120 valence electrons. The van der Waals surface area contributed by atoms with Crippen LogP contribution in [0.3, 0.4) is 0 Å². The van der Waals surface area contributed by atoms with E-state index in [1.54, 1.807) is 12.0 Å². The summed E-state index contributed by atoms with van der Waals surface area (Å²) in [7, 11) is 1.65. The van der Waals surface area contributed by atoms with Gasteiger partial charge in [0.05, 0.1) is 13.0 Å². The number of hydrogen-bond donors (Lipinski definition) is 2. The van der Waals surface area contributed by atoms with E-state index >= 15 is 0 Å². The Morgan fingerprint density at radius 3 is 2.57 bits per heavy atom. The van der Waals surface area contributed by atoms with Gasteiger partial charge in [-0.1, -0.05) is 26.8 Å². The van der Waals surface area contributed by atoms with Gasteiger partial charge in [0.2, 0.25) is 0 Å². The summed E-state index contributed by atoms with van der Waals surface area (Å²) >= 11 is 0. The minimum atomic E-state index is -0.906. The number of urea groups is 1. The molecule has 0 aromatic rings. The SMILES string of the molecule is COCC1=CCN(C(=O)NC(CC(=O)O)C(C)(C)C)CC1. The molecule has 2 amide bonds. The van der Waals surface area contributed by atoms with Crippen LogP contribution < -0.4 is 5.32 Å². The van der Waals surface area contributed by atoms with Crippen LogP contribution in [0.1, 0.15) is 33.6 Å². The van der Waals surface area contributed by atoms with Crippen LogP contribution in [0.5, 0.6) is 0 Å². The molecular weight excluding hydrogens is 272 g/mol. The second kappa shape index (κ2) is 7.45. The van der Waals surface area contributed by atoms with E-state index < -0.39 is 12.0 Å². The lowest BCUT2D eigenvalue weighted by Crippen LogP contribution is -2.51. The third-order valence-electron chi connectivity index (χ3n) is 3.64. The van der Waals surface area contributed by atoms with Gasteiger partial charge in [-0.15, -0.1) is 0 Å². The van der Waals surface area contributed by atoms with Gasteiger partial charge in [-0.2, -0.15) is 0 Å². The third kappa shape index (κ3) is 5.75. The molecule has 0 aliphatic carbocycles. The number of carboxylic acid groups (broad SMARTS) is 1. The Morgan fingerprint density at radius 2 is 2.14 bits per heavy atom. The maximum Gasteiger partial charge on any atom is 0.317 e. The molecule has 0 bridgehead atoms. The molecule has 6 nitrogen and oxygen atoms in total. The van der Waals surface area contributed by atoms with E-state index in [4.69, 9.17) is 9.84 Å². The smallest absolute Gasteiger partial charge is 0.317 e. The summed E-state index contributed by atoms with van der Waals surface area (Å²) in [6, 6.07) is -0.601. The van der Waals surface area contributed by atoms with Crippen LogP contribution in [-0.4, -0.2) is 54.9 Å². The maximum absolute atomic E-state index is 12.3. The largest absolute Gasteiger partial charge is 0.481 e. The van der Waals surface area contributed by atoms with Crippen molar-refractivity contribution in [2.75, 3.05) is 26.8 Å². The van der Waals surface area contributed by atoms with E-state index in [-0.39, 0.29) is 17.9 Å². The molecule has 21 heavy (non-hydrogen) atoms. The summed E-state index contributed by atoms with van der Waals surface area (Å²) in [6.45, 7) is 7.54. The second-order valence-electron chi connectivity index (χ2n) is 6.46. The van der Waals surface area contributed by atoms with Gasteiger partial charge in [-0.25, -0.2) is 4.79 Å². The van der Waals surface area contributed by atoms with Crippen LogP contribution in [0.25, 0.3) is 0 Å². The number of nitrogens with one attached hydrogen (secondary N) is 1. The zero-order valence-corrected chi connectivity index (χ0v) is 13.3. The summed E-state index contributed by atoms with van der Waals surface area (Å²) in [6.07, 6.45) is 2.71. The van der Waals surface area contributed by atoms with E-state index in [1.807, 2.05) is 26.8 Å². The lowest BCUT2D eigenvalue weighted by atomic mass is 9.85. The van der Waals surface area contributed by atoms with Crippen molar-refractivity contribution in [2.24, 2.45) is 5.41 Å². The first-order valence-corrected chi connectivity index (χ1v) is 7.18. The van der Waals surface area contributed by atoms with E-state index in [0.29, 0.717) is 19.7 Å². The number of hydrogen-bond acceptors (Lipinski definition) is 3. The highest BCUT2D eigenvalue weighted by atomic mass is 16.5. The van der Waals surface area contributed by atoms with Gasteiger partial charge in [-0.3, -0.25) is 4.79 Å². The Labute approximate surface area is 126 Å². The monoisotopic (exact) mass is 298 g/mol. The Bertz CT molecular complexity index is 412. The molecule has 1 aliphatic rings. The fourth-order valence-corrected chi connectivity index (χ4v) is 2.20. The van der Waals surface area contributed by atoms with Crippen molar-refractivity contribution in [1.29, 1.82) is 0 Å². The van der Waals surface area contributed by atoms with Crippen molar-refractivity contribution < 1.29 is 19.4 Å². The molecule has 0 spiro atoms. The summed E-state index contributed by atoms with van der Waals surface area (Å²) in [5.74, 6) is -0.906. The number of carbonyl (C=O) groups is 2. The average molecular weight is 298 g/mol. The van der Waals surface area contributed by atoms with Crippen LogP contribution in [0.15, 0.2) is 11.6 Å². The van der Waals surface area contributed by atoms with Crippen molar-refractivity contribution in [3.63, 3.8) is 0 Å². The number of amides is 2. The Hall–Kier alpha value is -1.56. The molecule has 1 atom stereocenters. The number of rotatable bonds is 5. The first-order valence-electron chi connectivity index (χ1n) is 7.18. The number of aliphatic carboxylic acids is 1. The van der Waals surface area contributed by atoms with Crippen molar-refractivity contribution >= 4 is 12.0 Å². The number of nitrogens with zero attached hydrogens (tertiary/aromatic N) is 1. The van der Waals surface area contributed by atoms with E-state index in [0.717, 1.165) is 6.42 Å². The molecule has 1 aliphatic heterocycles. The third-order valence-corrected chi connectivity index (χ3v) is 3.64. The van der Waals surface area contributed by atoms with Gasteiger partial charge in [0, 0.05) is 26.2 Å². The quantitative estimate of drug-likeness (QED) is 0.759. The highest BCUT2D eigenvalue weighted by Crippen LogP contribution is 2.22. The molecule has 1 unspecified atom stereocenters. The summed E-state index contributed by atoms with van der Waals surface area (Å²) in [4.78, 5) is 24.9. The Morgan fingerprint density at radius 1 is 1.48 bits per heavy atom. The fourth-order valence-electron chi connectivity index (χ4n) is 2.20. The maximum atomic E-state index is 12.3. The van der Waals surface area contributed by atoms with Crippen LogP contribution in [-0.2, 0) is 9.53 Å². The van der Waals surface area contributed by atoms with Crippen LogP contribution in [0.2, 0.25) is 0 Å². The van der Waals surface area contributed by atoms with Gasteiger partial charge >= 0.3 is 12.0 Å². The molecule has 1 heterocycles. The molecule has 0 saturated carbocycles. The lowest BCUT2D eigenvalue weighted by Gasteiger charge is -2.34.